The van der Waals surface area contributed by atoms with Crippen molar-refractivity contribution < 1.29 is 8.42 Å². The van der Waals surface area contributed by atoms with Crippen molar-refractivity contribution in [3.63, 3.8) is 0 Å². The summed E-state index contributed by atoms with van der Waals surface area (Å²) >= 11 is 5.53. The largest absolute Gasteiger partial charge is 0.212 e. The van der Waals surface area contributed by atoms with Gasteiger partial charge in [0.15, 0.2) is 0 Å². The Kier molecular flexibility index (Phi) is 3.80. The van der Waals surface area contributed by atoms with Gasteiger partial charge in [-0.2, -0.15) is 0 Å². The molecule has 5 heteroatoms. The van der Waals surface area contributed by atoms with Crippen molar-refractivity contribution in [3.05, 3.63) is 0 Å². The smallest absolute Gasteiger partial charge is 0.211 e. The predicted molar refractivity (Wildman–Crippen MR) is 47.4 cm³/mol. The summed E-state index contributed by atoms with van der Waals surface area (Å²) in [5.74, 6) is 0.361. The van der Waals surface area contributed by atoms with Gasteiger partial charge in [-0.1, -0.05) is 0 Å². The first-order chi connectivity index (χ1) is 4.83. The molecule has 11 heavy (non-hydrogen) atoms. The van der Waals surface area contributed by atoms with Crippen molar-refractivity contribution in [1.82, 2.24) is 4.72 Å². The molecule has 0 radical (unpaired) electrons. The maximum Gasteiger partial charge on any atom is 0.211 e. The molecule has 0 aliphatic rings. The van der Waals surface area contributed by atoms with Crippen molar-refractivity contribution >= 4 is 21.6 Å². The molecule has 0 rings (SSSR count). The number of hydrogen-bond donors (Lipinski definition) is 1. The van der Waals surface area contributed by atoms with Crippen LogP contribution in [0.15, 0.2) is 0 Å². The molecule has 0 aromatic rings. The molecule has 68 valence electrons. The molecule has 0 aromatic heterocycles. The van der Waals surface area contributed by atoms with Crippen LogP contribution in [0, 0.1) is 0 Å². The van der Waals surface area contributed by atoms with Crippen molar-refractivity contribution in [3.8, 4) is 0 Å². The summed E-state index contributed by atoms with van der Waals surface area (Å²) in [4.78, 5) is 0. The number of nitrogens with one attached hydrogen (secondary N) is 1. The average molecular weight is 200 g/mol. The van der Waals surface area contributed by atoms with E-state index in [1.807, 2.05) is 0 Å². The molecular formula is C6H14ClNO2S. The van der Waals surface area contributed by atoms with Crippen LogP contribution in [0.2, 0.25) is 0 Å². The Bertz CT molecular complexity index is 211. The van der Waals surface area contributed by atoms with Crippen molar-refractivity contribution in [2.45, 2.75) is 26.3 Å². The second-order valence-corrected chi connectivity index (χ2v) is 5.30. The number of rotatable bonds is 4. The maximum absolute atomic E-state index is 11.0. The zero-order valence-electron chi connectivity index (χ0n) is 7.02. The zero-order valence-corrected chi connectivity index (χ0v) is 8.59. The van der Waals surface area contributed by atoms with Crippen molar-refractivity contribution in [2.24, 2.45) is 0 Å². The van der Waals surface area contributed by atoms with E-state index in [9.17, 15) is 8.42 Å². The number of halogens is 1. The van der Waals surface area contributed by atoms with Crippen LogP contribution in [0.4, 0.5) is 0 Å². The normalized spacial score (nSPS) is 13.5. The molecule has 3 nitrogen and oxygen atoms in total. The van der Waals surface area contributed by atoms with E-state index in [1.54, 1.807) is 20.8 Å². The summed E-state index contributed by atoms with van der Waals surface area (Å²) in [5.41, 5.74) is -0.545. The summed E-state index contributed by atoms with van der Waals surface area (Å²) in [7, 11) is -3.12. The van der Waals surface area contributed by atoms with E-state index in [2.05, 4.69) is 4.72 Å². The molecule has 0 aromatic carbocycles. The first-order valence-corrected chi connectivity index (χ1v) is 5.59. The van der Waals surface area contributed by atoms with Gasteiger partial charge in [0, 0.05) is 11.4 Å². The minimum Gasteiger partial charge on any atom is -0.212 e. The monoisotopic (exact) mass is 199 g/mol. The summed E-state index contributed by atoms with van der Waals surface area (Å²) < 4.78 is 24.5. The molecule has 1 N–H and O–H groups in total. The number of sulfonamides is 1. The SMILES string of the molecule is CCS(=O)(=O)NC(C)(C)CCl. The Labute approximate surface area is 73.2 Å². The van der Waals surface area contributed by atoms with E-state index in [4.69, 9.17) is 11.6 Å². The third-order valence-electron chi connectivity index (χ3n) is 1.15. The van der Waals surface area contributed by atoms with E-state index in [-0.39, 0.29) is 11.6 Å². The van der Waals surface area contributed by atoms with Gasteiger partial charge in [0.25, 0.3) is 0 Å². The fourth-order valence-corrected chi connectivity index (χ4v) is 1.72. The lowest BCUT2D eigenvalue weighted by Gasteiger charge is -2.22. The summed E-state index contributed by atoms with van der Waals surface area (Å²) in [6.07, 6.45) is 0. The fourth-order valence-electron chi connectivity index (χ4n) is 0.520. The Hall–Kier alpha value is 0.200. The van der Waals surface area contributed by atoms with Crippen LogP contribution in [0.25, 0.3) is 0 Å². The third kappa shape index (κ3) is 4.61. The summed E-state index contributed by atoms with van der Waals surface area (Å²) in [6, 6.07) is 0. The topological polar surface area (TPSA) is 46.2 Å². The van der Waals surface area contributed by atoms with Crippen molar-refractivity contribution in [2.75, 3.05) is 11.6 Å². The highest BCUT2D eigenvalue weighted by atomic mass is 35.5. The van der Waals surface area contributed by atoms with Crippen LogP contribution in [-0.4, -0.2) is 25.6 Å². The molecule has 0 heterocycles. The highest BCUT2D eigenvalue weighted by Gasteiger charge is 2.21. The first-order valence-electron chi connectivity index (χ1n) is 3.40. The molecule has 0 atom stereocenters. The van der Waals surface area contributed by atoms with Crippen LogP contribution < -0.4 is 4.72 Å². The van der Waals surface area contributed by atoms with E-state index in [1.165, 1.54) is 0 Å². The maximum atomic E-state index is 11.0. The van der Waals surface area contributed by atoms with Crippen molar-refractivity contribution in [1.29, 1.82) is 0 Å². The number of alkyl halides is 1. The van der Waals surface area contributed by atoms with Crippen LogP contribution in [0.5, 0.6) is 0 Å². The molecule has 0 aliphatic carbocycles. The van der Waals surface area contributed by atoms with E-state index < -0.39 is 15.6 Å². The lowest BCUT2D eigenvalue weighted by atomic mass is 10.1. The molecular weight excluding hydrogens is 186 g/mol. The average Bonchev–Trinajstić information content (AvgIpc) is 1.86. The van der Waals surface area contributed by atoms with Gasteiger partial charge in [0.1, 0.15) is 0 Å². The molecule has 0 saturated heterocycles. The van der Waals surface area contributed by atoms with Gasteiger partial charge in [0.2, 0.25) is 10.0 Å². The van der Waals surface area contributed by atoms with E-state index in [0.29, 0.717) is 0 Å². The van der Waals surface area contributed by atoms with Gasteiger partial charge in [-0.25, -0.2) is 13.1 Å². The van der Waals surface area contributed by atoms with Gasteiger partial charge in [-0.05, 0) is 20.8 Å². The van der Waals surface area contributed by atoms with Gasteiger partial charge >= 0.3 is 0 Å². The lowest BCUT2D eigenvalue weighted by molar-refractivity contribution is 0.497. The highest BCUT2D eigenvalue weighted by molar-refractivity contribution is 7.89. The second-order valence-electron chi connectivity index (χ2n) is 3.02. The number of hydrogen-bond acceptors (Lipinski definition) is 2. The van der Waals surface area contributed by atoms with Crippen LogP contribution in [0.3, 0.4) is 0 Å². The lowest BCUT2D eigenvalue weighted by Crippen LogP contribution is -2.45. The predicted octanol–water partition coefficient (Wildman–Crippen LogP) is 0.943. The van der Waals surface area contributed by atoms with Gasteiger partial charge in [-0.15, -0.1) is 11.6 Å². The second kappa shape index (κ2) is 3.74. The third-order valence-corrected chi connectivity index (χ3v) is 3.44. The molecule has 0 aliphatic heterocycles. The Morgan fingerprint density at radius 1 is 1.45 bits per heavy atom. The van der Waals surface area contributed by atoms with Gasteiger partial charge < -0.3 is 0 Å². The van der Waals surface area contributed by atoms with Gasteiger partial charge in [0.05, 0.1) is 5.75 Å². The Morgan fingerprint density at radius 3 is 2.18 bits per heavy atom. The van der Waals surface area contributed by atoms with Crippen LogP contribution in [-0.2, 0) is 10.0 Å². The van der Waals surface area contributed by atoms with E-state index in [0.717, 1.165) is 0 Å². The zero-order chi connectivity index (χ0) is 9.12. The highest BCUT2D eigenvalue weighted by Crippen LogP contribution is 2.06. The quantitative estimate of drug-likeness (QED) is 0.686. The first kappa shape index (κ1) is 11.2. The standard InChI is InChI=1S/C6H14ClNO2S/c1-4-11(9,10)8-6(2,3)5-7/h8H,4-5H2,1-3H3. The van der Waals surface area contributed by atoms with Crippen LogP contribution in [0.1, 0.15) is 20.8 Å². The Morgan fingerprint density at radius 2 is 1.91 bits per heavy atom. The molecule has 0 fully saturated rings. The summed E-state index contributed by atoms with van der Waals surface area (Å²) in [5, 5.41) is 0. The Balaban J connectivity index is 4.26. The molecule has 0 saturated carbocycles. The summed E-state index contributed by atoms with van der Waals surface area (Å²) in [6.45, 7) is 5.08. The molecule has 0 bridgehead atoms. The van der Waals surface area contributed by atoms with Crippen LogP contribution >= 0.6 is 11.6 Å². The van der Waals surface area contributed by atoms with E-state index >= 15 is 0 Å². The molecule has 0 unspecified atom stereocenters. The van der Waals surface area contributed by atoms with Gasteiger partial charge in [-0.3, -0.25) is 0 Å². The molecule has 0 spiro atoms. The fraction of sp³-hybridized carbons (Fsp3) is 1.00. The minimum absolute atomic E-state index is 0.0906. The molecule has 0 amide bonds. The minimum atomic E-state index is -3.12.